The average Bonchev–Trinajstić information content (AvgIpc) is 2.26. The van der Waals surface area contributed by atoms with E-state index in [2.05, 4.69) is 0 Å². The molecule has 0 fully saturated rings. The predicted molar refractivity (Wildman–Crippen MR) is 58.0 cm³/mol. The zero-order valence-electron chi connectivity index (χ0n) is 8.93. The maximum atomic E-state index is 11.1. The summed E-state index contributed by atoms with van der Waals surface area (Å²) in [7, 11) is 0. The zero-order valence-corrected chi connectivity index (χ0v) is 8.93. The van der Waals surface area contributed by atoms with Crippen LogP contribution in [0, 0.1) is 0 Å². The van der Waals surface area contributed by atoms with E-state index in [4.69, 9.17) is 9.15 Å². The van der Waals surface area contributed by atoms with Crippen molar-refractivity contribution in [3.63, 3.8) is 0 Å². The second kappa shape index (κ2) is 4.35. The minimum atomic E-state index is -0.373. The number of carbonyl (C=O) groups excluding carboxylic acids is 1. The lowest BCUT2D eigenvalue weighted by Crippen LogP contribution is -2.15. The summed E-state index contributed by atoms with van der Waals surface area (Å²) in [5.41, 5.74) is 0.505. The lowest BCUT2D eigenvalue weighted by molar-refractivity contribution is -0.141. The molecule has 1 aliphatic rings. The van der Waals surface area contributed by atoms with Gasteiger partial charge in [0.25, 0.3) is 0 Å². The Morgan fingerprint density at radius 2 is 2.38 bits per heavy atom. The molecule has 16 heavy (non-hydrogen) atoms. The van der Waals surface area contributed by atoms with E-state index in [1.165, 1.54) is 13.0 Å². The van der Waals surface area contributed by atoms with Crippen LogP contribution in [0.2, 0.25) is 0 Å². The molecule has 0 radical (unpaired) electrons. The molecule has 1 aromatic heterocycles. The van der Waals surface area contributed by atoms with Gasteiger partial charge in [0.1, 0.15) is 12.4 Å². The largest absolute Gasteiger partial charge is 0.465 e. The van der Waals surface area contributed by atoms with Crippen molar-refractivity contribution < 1.29 is 13.9 Å². The topological polar surface area (TPSA) is 56.5 Å². The molecule has 0 amide bonds. The van der Waals surface area contributed by atoms with Crippen LogP contribution in [0.25, 0.3) is 6.08 Å². The first-order chi connectivity index (χ1) is 7.66. The van der Waals surface area contributed by atoms with Gasteiger partial charge in [-0.15, -0.1) is 0 Å². The van der Waals surface area contributed by atoms with Crippen molar-refractivity contribution in [3.8, 4) is 0 Å². The summed E-state index contributed by atoms with van der Waals surface area (Å²) in [5.74, 6) is 0.225. The molecule has 1 aliphatic carbocycles. The molecule has 0 aliphatic heterocycles. The quantitative estimate of drug-likeness (QED) is 0.712. The van der Waals surface area contributed by atoms with E-state index in [0.29, 0.717) is 12.2 Å². The van der Waals surface area contributed by atoms with Gasteiger partial charge in [-0.05, 0) is 12.5 Å². The van der Waals surface area contributed by atoms with Crippen molar-refractivity contribution in [2.75, 3.05) is 6.61 Å². The van der Waals surface area contributed by atoms with Crippen molar-refractivity contribution in [3.05, 3.63) is 40.0 Å². The van der Waals surface area contributed by atoms with Crippen LogP contribution in [0.15, 0.2) is 27.4 Å². The molecule has 1 atom stereocenters. The van der Waals surface area contributed by atoms with Gasteiger partial charge < -0.3 is 9.15 Å². The van der Waals surface area contributed by atoms with Crippen molar-refractivity contribution in [1.29, 1.82) is 0 Å². The van der Waals surface area contributed by atoms with Gasteiger partial charge in [0.05, 0.1) is 5.92 Å². The van der Waals surface area contributed by atoms with Gasteiger partial charge in [0, 0.05) is 18.6 Å². The van der Waals surface area contributed by atoms with Crippen LogP contribution >= 0.6 is 0 Å². The third-order valence-electron chi connectivity index (χ3n) is 2.47. The number of rotatable bonds is 2. The van der Waals surface area contributed by atoms with Crippen LogP contribution in [0.5, 0.6) is 0 Å². The Balaban J connectivity index is 2.25. The summed E-state index contributed by atoms with van der Waals surface area (Å²) in [5, 5.41) is 0. The Bertz CT molecular complexity index is 484. The van der Waals surface area contributed by atoms with Gasteiger partial charge in [-0.1, -0.05) is 12.2 Å². The van der Waals surface area contributed by atoms with Gasteiger partial charge in [0.15, 0.2) is 0 Å². The molecule has 4 heteroatoms. The molecule has 0 spiro atoms. The third-order valence-corrected chi connectivity index (χ3v) is 2.47. The van der Waals surface area contributed by atoms with E-state index in [1.54, 1.807) is 6.07 Å². The van der Waals surface area contributed by atoms with Crippen LogP contribution < -0.4 is 5.63 Å². The zero-order chi connectivity index (χ0) is 11.5. The number of esters is 1. The van der Waals surface area contributed by atoms with E-state index in [1.807, 2.05) is 12.2 Å². The fourth-order valence-corrected chi connectivity index (χ4v) is 1.73. The molecule has 0 saturated carbocycles. The lowest BCUT2D eigenvalue weighted by Gasteiger charge is -2.18. The van der Waals surface area contributed by atoms with Gasteiger partial charge in [-0.3, -0.25) is 4.79 Å². The van der Waals surface area contributed by atoms with E-state index < -0.39 is 0 Å². The maximum Gasteiger partial charge on any atom is 0.335 e. The van der Waals surface area contributed by atoms with Crippen LogP contribution in [0.3, 0.4) is 0 Å². The van der Waals surface area contributed by atoms with Gasteiger partial charge in [-0.25, -0.2) is 4.79 Å². The fourth-order valence-electron chi connectivity index (χ4n) is 1.73. The normalized spacial score (nSPS) is 17.9. The highest BCUT2D eigenvalue weighted by atomic mass is 16.5. The minimum Gasteiger partial charge on any atom is -0.465 e. The first-order valence-electron chi connectivity index (χ1n) is 5.11. The third kappa shape index (κ3) is 2.21. The summed E-state index contributed by atoms with van der Waals surface area (Å²) in [6.45, 7) is 1.61. The van der Waals surface area contributed by atoms with Crippen LogP contribution in [-0.2, 0) is 9.53 Å². The molecule has 1 unspecified atom stereocenters. The smallest absolute Gasteiger partial charge is 0.335 e. The number of allylic oxidation sites excluding steroid dienone is 1. The van der Waals surface area contributed by atoms with E-state index in [9.17, 15) is 9.59 Å². The second-order valence-electron chi connectivity index (χ2n) is 3.71. The molecular weight excluding hydrogens is 208 g/mol. The van der Waals surface area contributed by atoms with Gasteiger partial charge >= 0.3 is 11.6 Å². The molecule has 0 saturated heterocycles. The Labute approximate surface area is 92.5 Å². The Morgan fingerprint density at radius 3 is 3.12 bits per heavy atom. The first kappa shape index (κ1) is 10.7. The number of carbonyl (C=O) groups is 1. The standard InChI is InChI=1S/C12H12O4/c1-8(13)15-7-10-4-2-3-9-5-6-11(14)16-12(9)10/h2-3,5-6,10H,4,7H2,1H3. The van der Waals surface area contributed by atoms with E-state index in [-0.39, 0.29) is 24.1 Å². The van der Waals surface area contributed by atoms with Crippen LogP contribution in [-0.4, -0.2) is 12.6 Å². The fraction of sp³-hybridized carbons (Fsp3) is 0.333. The van der Waals surface area contributed by atoms with Gasteiger partial charge in [0.2, 0.25) is 0 Å². The average molecular weight is 220 g/mol. The molecular formula is C12H12O4. The first-order valence-corrected chi connectivity index (χ1v) is 5.11. The van der Waals surface area contributed by atoms with Crippen molar-refractivity contribution >= 4 is 12.0 Å². The monoisotopic (exact) mass is 220 g/mol. The Morgan fingerprint density at radius 1 is 1.56 bits per heavy atom. The number of hydrogen-bond acceptors (Lipinski definition) is 4. The van der Waals surface area contributed by atoms with Crippen LogP contribution in [0.4, 0.5) is 0 Å². The maximum absolute atomic E-state index is 11.1. The summed E-state index contributed by atoms with van der Waals surface area (Å²) >= 11 is 0. The summed E-state index contributed by atoms with van der Waals surface area (Å²) < 4.78 is 10.1. The molecule has 0 bridgehead atoms. The summed E-state index contributed by atoms with van der Waals surface area (Å²) in [4.78, 5) is 21.9. The van der Waals surface area contributed by atoms with E-state index >= 15 is 0 Å². The van der Waals surface area contributed by atoms with Crippen molar-refractivity contribution in [2.45, 2.75) is 19.3 Å². The molecule has 84 valence electrons. The summed E-state index contributed by atoms with van der Waals surface area (Å²) in [6, 6.07) is 3.11. The van der Waals surface area contributed by atoms with Crippen molar-refractivity contribution in [1.82, 2.24) is 0 Å². The molecule has 0 aromatic carbocycles. The Kier molecular flexibility index (Phi) is 2.90. The second-order valence-corrected chi connectivity index (χ2v) is 3.71. The molecule has 4 nitrogen and oxygen atoms in total. The minimum absolute atomic E-state index is 0.0576. The number of ether oxygens (including phenoxy) is 1. The SMILES string of the molecule is CC(=O)OCC1CC=Cc2ccc(=O)oc21. The van der Waals surface area contributed by atoms with E-state index in [0.717, 1.165) is 5.56 Å². The highest BCUT2D eigenvalue weighted by Gasteiger charge is 2.21. The highest BCUT2D eigenvalue weighted by molar-refractivity contribution is 5.66. The molecule has 2 rings (SSSR count). The highest BCUT2D eigenvalue weighted by Crippen LogP contribution is 2.28. The lowest BCUT2D eigenvalue weighted by atomic mass is 9.94. The predicted octanol–water partition coefficient (Wildman–Crippen LogP) is 1.70. The van der Waals surface area contributed by atoms with Crippen molar-refractivity contribution in [2.24, 2.45) is 0 Å². The van der Waals surface area contributed by atoms with Gasteiger partial charge in [-0.2, -0.15) is 0 Å². The molecule has 1 aromatic rings. The molecule has 0 N–H and O–H groups in total. The Hall–Kier alpha value is -1.84. The van der Waals surface area contributed by atoms with Crippen LogP contribution in [0.1, 0.15) is 30.6 Å². The number of fused-ring (bicyclic) bond motifs is 1. The summed E-state index contributed by atoms with van der Waals surface area (Å²) in [6.07, 6.45) is 4.60. The number of hydrogen-bond donors (Lipinski definition) is 0. The molecule has 1 heterocycles.